The van der Waals surface area contributed by atoms with Crippen molar-refractivity contribution in [2.24, 2.45) is 0 Å². The molecular formula is C15H10ClN3O3S. The topological polar surface area (TPSA) is 89.1 Å². The number of ether oxygens (including phenoxy) is 1. The molecule has 0 unspecified atom stereocenters. The van der Waals surface area contributed by atoms with E-state index in [1.807, 2.05) is 0 Å². The Morgan fingerprint density at radius 1 is 1.30 bits per heavy atom. The molecule has 0 saturated heterocycles. The number of nitrogens with zero attached hydrogens (tertiary/aromatic N) is 2. The number of thiazole rings is 1. The standard InChI is InChI=1S/C15H10ClN3O3S/c16-10-3-1-9(2-4-10)15(20)21-7-11(17)12-8-23-14(19-12)13-5-6-18-22-13/h1-6,8,17H,7H2. The SMILES string of the molecule is N=C(COC(=O)c1ccc(Cl)cc1)c1csc(-c2ccno2)n1. The molecule has 2 heterocycles. The Bertz CT molecular complexity index is 828. The summed E-state index contributed by atoms with van der Waals surface area (Å²) < 4.78 is 10.1. The van der Waals surface area contributed by atoms with Gasteiger partial charge in [0.15, 0.2) is 10.8 Å². The molecule has 1 N–H and O–H groups in total. The first-order chi connectivity index (χ1) is 11.1. The van der Waals surface area contributed by atoms with Gasteiger partial charge in [-0.2, -0.15) is 0 Å². The molecule has 0 spiro atoms. The molecule has 3 aromatic rings. The highest BCUT2D eigenvalue weighted by Gasteiger charge is 2.14. The zero-order chi connectivity index (χ0) is 16.2. The third-order valence-corrected chi connectivity index (χ3v) is 4.00. The molecule has 0 bridgehead atoms. The van der Waals surface area contributed by atoms with Gasteiger partial charge >= 0.3 is 5.97 Å². The number of hydrogen-bond acceptors (Lipinski definition) is 7. The number of benzene rings is 1. The molecule has 23 heavy (non-hydrogen) atoms. The molecule has 0 amide bonds. The summed E-state index contributed by atoms with van der Waals surface area (Å²) in [6, 6.07) is 8.03. The molecule has 0 aliphatic carbocycles. The molecule has 0 saturated carbocycles. The Morgan fingerprint density at radius 3 is 2.78 bits per heavy atom. The van der Waals surface area contributed by atoms with Crippen LogP contribution in [0.15, 0.2) is 46.4 Å². The second kappa shape index (κ2) is 6.72. The average molecular weight is 348 g/mol. The van der Waals surface area contributed by atoms with Gasteiger partial charge in [-0.1, -0.05) is 16.8 Å². The van der Waals surface area contributed by atoms with Crippen LogP contribution < -0.4 is 0 Å². The lowest BCUT2D eigenvalue weighted by atomic mass is 10.2. The number of esters is 1. The molecule has 0 aliphatic rings. The van der Waals surface area contributed by atoms with Gasteiger partial charge in [0.05, 0.1) is 23.2 Å². The summed E-state index contributed by atoms with van der Waals surface area (Å²) in [4.78, 5) is 16.1. The van der Waals surface area contributed by atoms with Crippen molar-refractivity contribution in [1.29, 1.82) is 5.41 Å². The molecule has 0 fully saturated rings. The van der Waals surface area contributed by atoms with Crippen LogP contribution in [0.4, 0.5) is 0 Å². The largest absolute Gasteiger partial charge is 0.456 e. The zero-order valence-corrected chi connectivity index (χ0v) is 13.2. The van der Waals surface area contributed by atoms with Gasteiger partial charge in [0.1, 0.15) is 6.61 Å². The third kappa shape index (κ3) is 3.64. The van der Waals surface area contributed by atoms with Crippen LogP contribution >= 0.6 is 22.9 Å². The summed E-state index contributed by atoms with van der Waals surface area (Å²) in [7, 11) is 0. The molecule has 0 atom stereocenters. The maximum atomic E-state index is 11.9. The minimum absolute atomic E-state index is 0.106. The predicted molar refractivity (Wildman–Crippen MR) is 86.2 cm³/mol. The highest BCUT2D eigenvalue weighted by atomic mass is 35.5. The first-order valence-electron chi connectivity index (χ1n) is 6.50. The molecule has 0 aliphatic heterocycles. The predicted octanol–water partition coefficient (Wildman–Crippen LogP) is 3.68. The fourth-order valence-electron chi connectivity index (χ4n) is 1.73. The molecule has 116 valence electrons. The van der Waals surface area contributed by atoms with Crippen LogP contribution in [0, 0.1) is 5.41 Å². The van der Waals surface area contributed by atoms with Crippen molar-refractivity contribution in [1.82, 2.24) is 10.1 Å². The lowest BCUT2D eigenvalue weighted by molar-refractivity contribution is 0.0563. The summed E-state index contributed by atoms with van der Waals surface area (Å²) >= 11 is 7.09. The highest BCUT2D eigenvalue weighted by molar-refractivity contribution is 7.13. The van der Waals surface area contributed by atoms with Crippen molar-refractivity contribution in [3.8, 4) is 10.8 Å². The Labute approximate surface area is 140 Å². The number of hydrogen-bond donors (Lipinski definition) is 1. The molecular weight excluding hydrogens is 338 g/mol. The summed E-state index contributed by atoms with van der Waals surface area (Å²) in [5.41, 5.74) is 0.919. The van der Waals surface area contributed by atoms with Gasteiger partial charge in [-0.25, -0.2) is 9.78 Å². The second-order valence-corrected chi connectivity index (χ2v) is 5.77. The van der Waals surface area contributed by atoms with E-state index in [1.54, 1.807) is 35.7 Å². The highest BCUT2D eigenvalue weighted by Crippen LogP contribution is 2.23. The summed E-state index contributed by atoms with van der Waals surface area (Å²) in [6.07, 6.45) is 1.52. The van der Waals surface area contributed by atoms with E-state index < -0.39 is 5.97 Å². The van der Waals surface area contributed by atoms with Crippen molar-refractivity contribution in [3.05, 3.63) is 58.2 Å². The third-order valence-electron chi connectivity index (χ3n) is 2.89. The fourth-order valence-corrected chi connectivity index (χ4v) is 2.65. The molecule has 6 nitrogen and oxygen atoms in total. The number of halogens is 1. The van der Waals surface area contributed by atoms with Gasteiger partial charge in [0, 0.05) is 16.5 Å². The number of aromatic nitrogens is 2. The maximum Gasteiger partial charge on any atom is 0.338 e. The lowest BCUT2D eigenvalue weighted by Gasteiger charge is -2.04. The quantitative estimate of drug-likeness (QED) is 0.561. The van der Waals surface area contributed by atoms with E-state index in [4.69, 9.17) is 26.3 Å². The number of rotatable bonds is 5. The second-order valence-electron chi connectivity index (χ2n) is 4.48. The summed E-state index contributed by atoms with van der Waals surface area (Å²) in [6.45, 7) is -0.166. The van der Waals surface area contributed by atoms with Crippen LogP contribution in [-0.2, 0) is 4.74 Å². The average Bonchev–Trinajstić information content (AvgIpc) is 3.23. The number of nitrogens with one attached hydrogen (secondary N) is 1. The Kier molecular flexibility index (Phi) is 4.50. The first kappa shape index (κ1) is 15.4. The van der Waals surface area contributed by atoms with Crippen LogP contribution in [0.2, 0.25) is 5.02 Å². The van der Waals surface area contributed by atoms with Gasteiger partial charge in [-0.15, -0.1) is 11.3 Å². The minimum atomic E-state index is -0.517. The molecule has 3 rings (SSSR count). The number of carbonyl (C=O) groups excluding carboxylic acids is 1. The van der Waals surface area contributed by atoms with Gasteiger partial charge < -0.3 is 9.26 Å². The van der Waals surface area contributed by atoms with Crippen LogP contribution in [0.1, 0.15) is 16.1 Å². The van der Waals surface area contributed by atoms with Gasteiger partial charge in [0.2, 0.25) is 0 Å². The summed E-state index contributed by atoms with van der Waals surface area (Å²) in [5, 5.41) is 14.4. The fraction of sp³-hybridized carbons (Fsp3) is 0.0667. The Balaban J connectivity index is 1.61. The summed E-state index contributed by atoms with van der Waals surface area (Å²) in [5.74, 6) is 0.0179. The molecule has 2 aromatic heterocycles. The van der Waals surface area contributed by atoms with Gasteiger partial charge in [-0.05, 0) is 24.3 Å². The Hall–Kier alpha value is -2.51. The molecule has 0 radical (unpaired) electrons. The van der Waals surface area contributed by atoms with Crippen LogP contribution in [0.5, 0.6) is 0 Å². The van der Waals surface area contributed by atoms with Crippen molar-refractivity contribution in [2.45, 2.75) is 0 Å². The van der Waals surface area contributed by atoms with Crippen LogP contribution in [-0.4, -0.2) is 28.4 Å². The Morgan fingerprint density at radius 2 is 2.09 bits per heavy atom. The van der Waals surface area contributed by atoms with Crippen molar-refractivity contribution >= 4 is 34.6 Å². The zero-order valence-electron chi connectivity index (χ0n) is 11.7. The van der Waals surface area contributed by atoms with E-state index >= 15 is 0 Å². The van der Waals surface area contributed by atoms with Gasteiger partial charge in [-0.3, -0.25) is 5.41 Å². The van der Waals surface area contributed by atoms with Crippen LogP contribution in [0.3, 0.4) is 0 Å². The van der Waals surface area contributed by atoms with Crippen molar-refractivity contribution in [2.75, 3.05) is 6.61 Å². The van der Waals surface area contributed by atoms with E-state index in [0.29, 0.717) is 27.0 Å². The minimum Gasteiger partial charge on any atom is -0.456 e. The van der Waals surface area contributed by atoms with E-state index in [1.165, 1.54) is 17.5 Å². The maximum absolute atomic E-state index is 11.9. The van der Waals surface area contributed by atoms with E-state index in [-0.39, 0.29) is 12.3 Å². The first-order valence-corrected chi connectivity index (χ1v) is 7.76. The smallest absolute Gasteiger partial charge is 0.338 e. The normalized spacial score (nSPS) is 10.5. The molecule has 1 aromatic carbocycles. The van der Waals surface area contributed by atoms with Crippen molar-refractivity contribution in [3.63, 3.8) is 0 Å². The lowest BCUT2D eigenvalue weighted by Crippen LogP contribution is -2.14. The van der Waals surface area contributed by atoms with E-state index in [9.17, 15) is 4.79 Å². The van der Waals surface area contributed by atoms with Crippen molar-refractivity contribution < 1.29 is 14.1 Å². The van der Waals surface area contributed by atoms with Gasteiger partial charge in [0.25, 0.3) is 0 Å². The van der Waals surface area contributed by atoms with E-state index in [0.717, 1.165) is 0 Å². The van der Waals surface area contributed by atoms with Crippen LogP contribution in [0.25, 0.3) is 10.8 Å². The number of carbonyl (C=O) groups is 1. The molecule has 8 heteroatoms. The monoisotopic (exact) mass is 347 g/mol. The van der Waals surface area contributed by atoms with E-state index in [2.05, 4.69) is 10.1 Å².